The van der Waals surface area contributed by atoms with E-state index in [9.17, 15) is 8.42 Å². The molecule has 2 aliphatic rings. The third kappa shape index (κ3) is 3.39. The highest BCUT2D eigenvalue weighted by Gasteiger charge is 2.33. The highest BCUT2D eigenvalue weighted by Crippen LogP contribution is 2.40. The molecule has 0 spiro atoms. The Balaban J connectivity index is 2.24. The molecule has 0 radical (unpaired) electrons. The van der Waals surface area contributed by atoms with Crippen LogP contribution in [0.15, 0.2) is 70.3 Å². The van der Waals surface area contributed by atoms with E-state index in [1.54, 1.807) is 20.2 Å². The summed E-state index contributed by atoms with van der Waals surface area (Å²) in [5.41, 5.74) is 3.48. The lowest BCUT2D eigenvalue weighted by Crippen LogP contribution is -2.25. The van der Waals surface area contributed by atoms with E-state index in [1.165, 1.54) is 10.4 Å². The van der Waals surface area contributed by atoms with Gasteiger partial charge in [0.15, 0.2) is 0 Å². The van der Waals surface area contributed by atoms with Crippen molar-refractivity contribution in [3.8, 4) is 0 Å². The maximum atomic E-state index is 13.2. The molecule has 1 aliphatic carbocycles. The van der Waals surface area contributed by atoms with Crippen LogP contribution in [0.2, 0.25) is 5.02 Å². The highest BCUT2D eigenvalue weighted by molar-refractivity contribution is 7.89. The first-order valence-electron chi connectivity index (χ1n) is 8.43. The van der Waals surface area contributed by atoms with Crippen LogP contribution in [0.1, 0.15) is 24.8 Å². The molecule has 1 atom stereocenters. The standard InChI is InChI=1S/C20H22ClNO3S/c1-14-17-9-8-16(21)13-20(17)26(23,24)22(2)19-7-5-4-6-15(10-11-25-3)12-18(14)19/h4-9,12-14H,10-11H2,1-3H3. The van der Waals surface area contributed by atoms with Gasteiger partial charge in [0.1, 0.15) is 0 Å². The molecule has 4 nitrogen and oxygen atoms in total. The Morgan fingerprint density at radius 3 is 2.69 bits per heavy atom. The van der Waals surface area contributed by atoms with Gasteiger partial charge in [-0.3, -0.25) is 4.31 Å². The second-order valence-corrected chi connectivity index (χ2v) is 8.77. The second-order valence-electron chi connectivity index (χ2n) is 6.40. The number of ether oxygens (including phenoxy) is 1. The first-order chi connectivity index (χ1) is 12.4. The van der Waals surface area contributed by atoms with Gasteiger partial charge in [-0.2, -0.15) is 0 Å². The summed E-state index contributed by atoms with van der Waals surface area (Å²) in [5, 5.41) is 0.413. The monoisotopic (exact) mass is 391 g/mol. The molecule has 1 heterocycles. The molecule has 26 heavy (non-hydrogen) atoms. The largest absolute Gasteiger partial charge is 0.384 e. The third-order valence-electron chi connectivity index (χ3n) is 4.79. The second kappa shape index (κ2) is 7.43. The van der Waals surface area contributed by atoms with Crippen molar-refractivity contribution < 1.29 is 13.2 Å². The van der Waals surface area contributed by atoms with Gasteiger partial charge in [0.2, 0.25) is 0 Å². The number of fused-ring (bicyclic) bond motifs is 1. The zero-order chi connectivity index (χ0) is 18.9. The SMILES string of the molecule is COCCC1=CC2=C(C=CC=C1)N(C)S(=O)(=O)c1cc(Cl)ccc1C2C. The van der Waals surface area contributed by atoms with Crippen molar-refractivity contribution >= 4 is 21.6 Å². The number of allylic oxidation sites excluding steroid dienone is 6. The summed E-state index contributed by atoms with van der Waals surface area (Å²) < 4.78 is 32.9. The zero-order valence-electron chi connectivity index (χ0n) is 15.1. The Bertz CT molecular complexity index is 942. The summed E-state index contributed by atoms with van der Waals surface area (Å²) in [5.74, 6) is -0.0920. The average Bonchev–Trinajstić information content (AvgIpc) is 2.64. The molecule has 138 valence electrons. The zero-order valence-corrected chi connectivity index (χ0v) is 16.6. The van der Waals surface area contributed by atoms with Crippen molar-refractivity contribution in [2.75, 3.05) is 20.8 Å². The van der Waals surface area contributed by atoms with E-state index in [0.29, 0.717) is 17.3 Å². The van der Waals surface area contributed by atoms with Crippen molar-refractivity contribution in [1.82, 2.24) is 4.31 Å². The van der Waals surface area contributed by atoms with Gasteiger partial charge in [0, 0.05) is 25.1 Å². The van der Waals surface area contributed by atoms with Gasteiger partial charge in [-0.25, -0.2) is 8.42 Å². The van der Waals surface area contributed by atoms with Crippen LogP contribution in [-0.4, -0.2) is 33.5 Å². The normalized spacial score (nSPS) is 21.5. The molecule has 1 aromatic carbocycles. The molecule has 1 aliphatic heterocycles. The summed E-state index contributed by atoms with van der Waals surface area (Å²) >= 11 is 6.09. The molecular formula is C20H22ClNO3S. The number of benzene rings is 1. The van der Waals surface area contributed by atoms with Gasteiger partial charge >= 0.3 is 0 Å². The third-order valence-corrected chi connectivity index (χ3v) is 6.86. The Morgan fingerprint density at radius 2 is 1.96 bits per heavy atom. The molecule has 0 aromatic heterocycles. The van der Waals surface area contributed by atoms with Crippen molar-refractivity contribution in [1.29, 1.82) is 0 Å². The number of rotatable bonds is 3. The summed E-state index contributed by atoms with van der Waals surface area (Å²) in [6, 6.07) is 5.09. The Labute approximate surface area is 160 Å². The van der Waals surface area contributed by atoms with Crippen LogP contribution in [0.3, 0.4) is 0 Å². The minimum Gasteiger partial charge on any atom is -0.384 e. The van der Waals surface area contributed by atoms with Crippen molar-refractivity contribution in [2.24, 2.45) is 0 Å². The van der Waals surface area contributed by atoms with Crippen LogP contribution >= 0.6 is 11.6 Å². The first-order valence-corrected chi connectivity index (χ1v) is 10.2. The van der Waals surface area contributed by atoms with E-state index in [-0.39, 0.29) is 10.8 Å². The van der Waals surface area contributed by atoms with Gasteiger partial charge in [-0.1, -0.05) is 48.9 Å². The van der Waals surface area contributed by atoms with E-state index in [1.807, 2.05) is 37.3 Å². The highest BCUT2D eigenvalue weighted by atomic mass is 35.5. The molecule has 0 fully saturated rings. The van der Waals surface area contributed by atoms with Crippen molar-refractivity contribution in [3.05, 3.63) is 76.0 Å². The molecule has 0 amide bonds. The van der Waals surface area contributed by atoms with E-state index in [4.69, 9.17) is 16.3 Å². The first kappa shape index (κ1) is 19.0. The summed E-state index contributed by atoms with van der Waals surface area (Å²) in [4.78, 5) is 0.264. The van der Waals surface area contributed by atoms with Crippen molar-refractivity contribution in [2.45, 2.75) is 24.2 Å². The van der Waals surface area contributed by atoms with Crippen molar-refractivity contribution in [3.63, 3.8) is 0 Å². The maximum absolute atomic E-state index is 13.2. The van der Waals surface area contributed by atoms with E-state index >= 15 is 0 Å². The molecule has 0 saturated heterocycles. The van der Waals surface area contributed by atoms with Gasteiger partial charge in [0.25, 0.3) is 10.0 Å². The summed E-state index contributed by atoms with van der Waals surface area (Å²) in [6.07, 6.45) is 10.5. The molecule has 1 aromatic rings. The average molecular weight is 392 g/mol. The molecule has 0 bridgehead atoms. The minimum atomic E-state index is -3.68. The lowest BCUT2D eigenvalue weighted by atomic mass is 9.88. The number of likely N-dealkylation sites (N-methyl/N-ethyl adjacent to an activating group) is 1. The number of sulfonamides is 1. The molecule has 0 saturated carbocycles. The van der Waals surface area contributed by atoms with Gasteiger partial charge in [-0.15, -0.1) is 0 Å². The van der Waals surface area contributed by atoms with Crippen LogP contribution in [0.25, 0.3) is 0 Å². The summed E-state index contributed by atoms with van der Waals surface area (Å²) in [6.45, 7) is 2.64. The van der Waals surface area contributed by atoms with E-state index in [0.717, 1.165) is 23.1 Å². The molecular weight excluding hydrogens is 370 g/mol. The number of hydrogen-bond donors (Lipinski definition) is 0. The Morgan fingerprint density at radius 1 is 1.23 bits per heavy atom. The van der Waals surface area contributed by atoms with Crippen LogP contribution in [0.4, 0.5) is 0 Å². The fourth-order valence-corrected chi connectivity index (χ4v) is 5.06. The lowest BCUT2D eigenvalue weighted by molar-refractivity contribution is 0.203. The van der Waals surface area contributed by atoms with Crippen LogP contribution in [-0.2, 0) is 14.8 Å². The maximum Gasteiger partial charge on any atom is 0.264 e. The van der Waals surface area contributed by atoms with Gasteiger partial charge < -0.3 is 4.74 Å². The number of methoxy groups -OCH3 is 1. The number of nitrogens with zero attached hydrogens (tertiary/aromatic N) is 1. The predicted molar refractivity (Wildman–Crippen MR) is 105 cm³/mol. The molecule has 3 rings (SSSR count). The van der Waals surface area contributed by atoms with Crippen LogP contribution in [0.5, 0.6) is 0 Å². The van der Waals surface area contributed by atoms with Gasteiger partial charge in [0.05, 0.1) is 17.2 Å². The lowest BCUT2D eigenvalue weighted by Gasteiger charge is -2.21. The van der Waals surface area contributed by atoms with Crippen LogP contribution in [0, 0.1) is 0 Å². The fourth-order valence-electron chi connectivity index (χ4n) is 3.29. The summed E-state index contributed by atoms with van der Waals surface area (Å²) in [7, 11) is -0.422. The van der Waals surface area contributed by atoms with E-state index in [2.05, 4.69) is 6.08 Å². The Kier molecular flexibility index (Phi) is 5.42. The number of hydrogen-bond acceptors (Lipinski definition) is 3. The fraction of sp³-hybridized carbons (Fsp3) is 0.300. The molecule has 6 heteroatoms. The number of halogens is 1. The minimum absolute atomic E-state index is 0.0920. The molecule has 1 unspecified atom stereocenters. The van der Waals surface area contributed by atoms with E-state index < -0.39 is 10.0 Å². The Hall–Kier alpha value is -1.82. The van der Waals surface area contributed by atoms with Crippen LogP contribution < -0.4 is 0 Å². The quantitative estimate of drug-likeness (QED) is 0.766. The van der Waals surface area contributed by atoms with Gasteiger partial charge in [-0.05, 0) is 41.3 Å². The topological polar surface area (TPSA) is 46.6 Å². The molecule has 0 N–H and O–H groups in total. The smallest absolute Gasteiger partial charge is 0.264 e. The predicted octanol–water partition coefficient (Wildman–Crippen LogP) is 4.42.